The summed E-state index contributed by atoms with van der Waals surface area (Å²) in [6.45, 7) is 0.646. The maximum atomic E-state index is 13.0. The molecule has 0 aliphatic carbocycles. The molecule has 1 aliphatic rings. The molecule has 1 aliphatic heterocycles. The molecule has 5 nitrogen and oxygen atoms in total. The highest BCUT2D eigenvalue weighted by atomic mass is 19.4. The van der Waals surface area contributed by atoms with Gasteiger partial charge in [0.25, 0.3) is 5.91 Å². The first-order chi connectivity index (χ1) is 10.8. The minimum absolute atomic E-state index is 0.00481. The van der Waals surface area contributed by atoms with Gasteiger partial charge in [-0.15, -0.1) is 0 Å². The van der Waals surface area contributed by atoms with E-state index in [1.165, 1.54) is 11.0 Å². The Bertz CT molecular complexity index is 590. The van der Waals surface area contributed by atoms with Gasteiger partial charge >= 0.3 is 12.1 Å². The quantitative estimate of drug-likeness (QED) is 0.921. The van der Waals surface area contributed by atoms with Crippen LogP contribution in [0, 0.1) is 5.92 Å². The number of aliphatic carboxylic acids is 1. The molecule has 1 aromatic heterocycles. The van der Waals surface area contributed by atoms with E-state index in [1.54, 1.807) is 0 Å². The summed E-state index contributed by atoms with van der Waals surface area (Å²) in [6.07, 6.45) is -1.85. The van der Waals surface area contributed by atoms with Crippen molar-refractivity contribution in [3.8, 4) is 0 Å². The maximum absolute atomic E-state index is 13.0. The van der Waals surface area contributed by atoms with Gasteiger partial charge < -0.3 is 10.0 Å². The Labute approximate surface area is 131 Å². The molecular weight excluding hydrogens is 313 g/mol. The molecule has 8 heteroatoms. The van der Waals surface area contributed by atoms with Crippen molar-refractivity contribution in [2.75, 3.05) is 13.1 Å². The van der Waals surface area contributed by atoms with Crippen molar-refractivity contribution in [2.45, 2.75) is 31.9 Å². The van der Waals surface area contributed by atoms with Crippen LogP contribution in [0.15, 0.2) is 18.3 Å². The molecule has 1 unspecified atom stereocenters. The van der Waals surface area contributed by atoms with Crippen LogP contribution in [0.4, 0.5) is 13.2 Å². The van der Waals surface area contributed by atoms with Crippen LogP contribution in [0.1, 0.15) is 41.7 Å². The van der Waals surface area contributed by atoms with Crippen LogP contribution >= 0.6 is 0 Å². The van der Waals surface area contributed by atoms with E-state index in [0.717, 1.165) is 18.7 Å². The molecule has 23 heavy (non-hydrogen) atoms. The van der Waals surface area contributed by atoms with E-state index in [0.29, 0.717) is 19.4 Å². The zero-order valence-corrected chi connectivity index (χ0v) is 12.3. The molecule has 1 amide bonds. The third-order valence-electron chi connectivity index (χ3n) is 3.88. The van der Waals surface area contributed by atoms with Crippen LogP contribution in [0.3, 0.4) is 0 Å². The van der Waals surface area contributed by atoms with Gasteiger partial charge in [0.2, 0.25) is 0 Å². The first-order valence-corrected chi connectivity index (χ1v) is 7.32. The van der Waals surface area contributed by atoms with Crippen LogP contribution < -0.4 is 0 Å². The molecular formula is C15H17F3N2O3. The molecule has 2 heterocycles. The maximum Gasteiger partial charge on any atom is 0.434 e. The number of likely N-dealkylation sites (tertiary alicyclic amines) is 1. The Morgan fingerprint density at radius 2 is 2.13 bits per heavy atom. The number of amides is 1. The Morgan fingerprint density at radius 3 is 2.78 bits per heavy atom. The van der Waals surface area contributed by atoms with Gasteiger partial charge in [0.1, 0.15) is 0 Å². The number of aromatic nitrogens is 1. The van der Waals surface area contributed by atoms with Crippen molar-refractivity contribution in [1.82, 2.24) is 9.88 Å². The van der Waals surface area contributed by atoms with E-state index in [4.69, 9.17) is 5.11 Å². The van der Waals surface area contributed by atoms with Crippen molar-refractivity contribution in [3.63, 3.8) is 0 Å². The van der Waals surface area contributed by atoms with Crippen molar-refractivity contribution in [3.05, 3.63) is 29.6 Å². The SMILES string of the molecule is O=C(O)CCC1CCCN(C(=O)c2cccnc2C(F)(F)F)C1. The first-order valence-electron chi connectivity index (χ1n) is 7.32. The highest BCUT2D eigenvalue weighted by Crippen LogP contribution is 2.31. The second kappa shape index (κ2) is 6.97. The van der Waals surface area contributed by atoms with Gasteiger partial charge in [-0.1, -0.05) is 0 Å². The summed E-state index contributed by atoms with van der Waals surface area (Å²) in [6, 6.07) is 2.42. The molecule has 1 aromatic rings. The number of hydrogen-bond donors (Lipinski definition) is 1. The number of rotatable bonds is 4. The van der Waals surface area contributed by atoms with E-state index in [9.17, 15) is 22.8 Å². The molecule has 1 saturated heterocycles. The molecule has 1 atom stereocenters. The van der Waals surface area contributed by atoms with E-state index in [-0.39, 0.29) is 18.9 Å². The standard InChI is InChI=1S/C15H17F3N2O3/c16-15(17,18)13-11(4-1-7-19-13)14(23)20-8-2-3-10(9-20)5-6-12(21)22/h1,4,7,10H,2-3,5-6,8-9H2,(H,21,22). The van der Waals surface area contributed by atoms with Crippen LogP contribution in [0.25, 0.3) is 0 Å². The lowest BCUT2D eigenvalue weighted by atomic mass is 9.93. The highest BCUT2D eigenvalue weighted by Gasteiger charge is 2.38. The second-order valence-corrected chi connectivity index (χ2v) is 5.59. The average Bonchev–Trinajstić information content (AvgIpc) is 2.51. The van der Waals surface area contributed by atoms with E-state index in [1.807, 2.05) is 0 Å². The fourth-order valence-corrected chi connectivity index (χ4v) is 2.79. The van der Waals surface area contributed by atoms with E-state index in [2.05, 4.69) is 4.98 Å². The summed E-state index contributed by atoms with van der Waals surface area (Å²) in [4.78, 5) is 27.7. The van der Waals surface area contributed by atoms with Gasteiger partial charge in [0.15, 0.2) is 5.69 Å². The number of nitrogens with zero attached hydrogens (tertiary/aromatic N) is 2. The molecule has 0 saturated carbocycles. The molecule has 1 fully saturated rings. The van der Waals surface area contributed by atoms with Gasteiger partial charge in [-0.3, -0.25) is 14.6 Å². The number of alkyl halides is 3. The summed E-state index contributed by atoms with van der Waals surface area (Å²) in [7, 11) is 0. The molecule has 0 aromatic carbocycles. The summed E-state index contributed by atoms with van der Waals surface area (Å²) < 4.78 is 38.9. The van der Waals surface area contributed by atoms with E-state index >= 15 is 0 Å². The second-order valence-electron chi connectivity index (χ2n) is 5.59. The van der Waals surface area contributed by atoms with Crippen molar-refractivity contribution in [1.29, 1.82) is 0 Å². The smallest absolute Gasteiger partial charge is 0.434 e. The van der Waals surface area contributed by atoms with Crippen LogP contribution in [0.5, 0.6) is 0 Å². The number of carbonyl (C=O) groups is 2. The summed E-state index contributed by atoms with van der Waals surface area (Å²) >= 11 is 0. The summed E-state index contributed by atoms with van der Waals surface area (Å²) in [5, 5.41) is 8.71. The molecule has 0 radical (unpaired) electrons. The molecule has 0 spiro atoms. The van der Waals surface area contributed by atoms with Crippen LogP contribution in [-0.4, -0.2) is 40.0 Å². The summed E-state index contributed by atoms with van der Waals surface area (Å²) in [5.41, 5.74) is -1.64. The third kappa shape index (κ3) is 4.43. The minimum Gasteiger partial charge on any atom is -0.481 e. The topological polar surface area (TPSA) is 70.5 Å². The number of piperidine rings is 1. The first kappa shape index (κ1) is 17.2. The highest BCUT2D eigenvalue weighted by molar-refractivity contribution is 5.95. The van der Waals surface area contributed by atoms with Crippen molar-refractivity contribution in [2.24, 2.45) is 5.92 Å². The summed E-state index contributed by atoms with van der Waals surface area (Å²) in [5.74, 6) is -1.62. The predicted molar refractivity (Wildman–Crippen MR) is 74.7 cm³/mol. The van der Waals surface area contributed by atoms with Crippen LogP contribution in [0.2, 0.25) is 0 Å². The largest absolute Gasteiger partial charge is 0.481 e. The minimum atomic E-state index is -4.69. The lowest BCUT2D eigenvalue weighted by molar-refractivity contribution is -0.141. The fourth-order valence-electron chi connectivity index (χ4n) is 2.79. The number of carboxylic acid groups (broad SMARTS) is 1. The van der Waals surface area contributed by atoms with E-state index < -0.39 is 29.3 Å². The van der Waals surface area contributed by atoms with Crippen molar-refractivity contribution >= 4 is 11.9 Å². The van der Waals surface area contributed by atoms with Gasteiger partial charge in [0, 0.05) is 25.7 Å². The predicted octanol–water partition coefficient (Wildman–Crippen LogP) is 2.82. The normalized spacial score (nSPS) is 18.7. The third-order valence-corrected chi connectivity index (χ3v) is 3.88. The van der Waals surface area contributed by atoms with Crippen molar-refractivity contribution < 1.29 is 27.9 Å². The Morgan fingerprint density at radius 1 is 1.39 bits per heavy atom. The van der Waals surface area contributed by atoms with Gasteiger partial charge in [-0.05, 0) is 37.3 Å². The number of carboxylic acids is 1. The van der Waals surface area contributed by atoms with Gasteiger partial charge in [0.05, 0.1) is 5.56 Å². The van der Waals surface area contributed by atoms with Gasteiger partial charge in [-0.25, -0.2) is 0 Å². The van der Waals surface area contributed by atoms with Crippen LogP contribution in [-0.2, 0) is 11.0 Å². The molecule has 126 valence electrons. The molecule has 1 N–H and O–H groups in total. The van der Waals surface area contributed by atoms with Gasteiger partial charge in [-0.2, -0.15) is 13.2 Å². The Balaban J connectivity index is 2.13. The number of pyridine rings is 1. The molecule has 0 bridgehead atoms. The molecule has 2 rings (SSSR count). The number of halogens is 3. The number of hydrogen-bond acceptors (Lipinski definition) is 3. The Hall–Kier alpha value is -2.12. The fraction of sp³-hybridized carbons (Fsp3) is 0.533. The average molecular weight is 330 g/mol. The number of carbonyl (C=O) groups excluding carboxylic acids is 1. The zero-order valence-electron chi connectivity index (χ0n) is 12.3. The zero-order chi connectivity index (χ0) is 17.0. The monoisotopic (exact) mass is 330 g/mol. The lowest BCUT2D eigenvalue weighted by Gasteiger charge is -2.33. The Kier molecular flexibility index (Phi) is 5.23. The lowest BCUT2D eigenvalue weighted by Crippen LogP contribution is -2.40.